The van der Waals surface area contributed by atoms with E-state index in [1.54, 1.807) is 4.68 Å². The number of aromatic nitrogens is 5. The van der Waals surface area contributed by atoms with E-state index in [0.29, 0.717) is 4.77 Å². The molecule has 2 heterocycles. The summed E-state index contributed by atoms with van der Waals surface area (Å²) in [6.45, 7) is 0. The van der Waals surface area contributed by atoms with Gasteiger partial charge in [0.25, 0.3) is 0 Å². The Kier molecular flexibility index (Phi) is 3.82. The van der Waals surface area contributed by atoms with Crippen molar-refractivity contribution in [1.82, 2.24) is 25.2 Å². The van der Waals surface area contributed by atoms with Gasteiger partial charge in [0.05, 0.1) is 5.69 Å². The highest BCUT2D eigenvalue weighted by Crippen LogP contribution is 2.03. The van der Waals surface area contributed by atoms with Crippen molar-refractivity contribution >= 4 is 12.2 Å². The number of nitrogens with zero attached hydrogens (tertiary/aromatic N) is 3. The summed E-state index contributed by atoms with van der Waals surface area (Å²) in [6, 6.07) is 13.5. The SMILES string of the molecule is S=c1nn[nH]n1-c1ccccc1.c1cc[nH]c1. The van der Waals surface area contributed by atoms with E-state index >= 15 is 0 Å². The maximum Gasteiger partial charge on any atom is 0.242 e. The predicted molar refractivity (Wildman–Crippen MR) is 67.3 cm³/mol. The molecule has 5 nitrogen and oxygen atoms in total. The van der Waals surface area contributed by atoms with E-state index in [1.807, 2.05) is 54.9 Å². The van der Waals surface area contributed by atoms with Crippen LogP contribution in [0.3, 0.4) is 0 Å². The molecule has 0 fully saturated rings. The van der Waals surface area contributed by atoms with Crippen molar-refractivity contribution in [2.45, 2.75) is 0 Å². The third kappa shape index (κ3) is 3.12. The molecule has 0 aliphatic rings. The zero-order valence-electron chi connectivity index (χ0n) is 8.95. The smallest absolute Gasteiger partial charge is 0.242 e. The van der Waals surface area contributed by atoms with E-state index in [9.17, 15) is 0 Å². The average Bonchev–Trinajstić information content (AvgIpc) is 3.03. The van der Waals surface area contributed by atoms with Gasteiger partial charge in [-0.1, -0.05) is 28.5 Å². The van der Waals surface area contributed by atoms with Gasteiger partial charge < -0.3 is 4.98 Å². The van der Waals surface area contributed by atoms with Crippen molar-refractivity contribution in [3.8, 4) is 5.69 Å². The lowest BCUT2D eigenvalue weighted by molar-refractivity contribution is 0.786. The van der Waals surface area contributed by atoms with Crippen LogP contribution in [-0.4, -0.2) is 25.2 Å². The zero-order valence-corrected chi connectivity index (χ0v) is 9.76. The van der Waals surface area contributed by atoms with Gasteiger partial charge in [0, 0.05) is 12.4 Å². The molecule has 2 aromatic heterocycles. The first-order valence-corrected chi connectivity index (χ1v) is 5.42. The fourth-order valence-corrected chi connectivity index (χ4v) is 1.41. The summed E-state index contributed by atoms with van der Waals surface area (Å²) in [4.78, 5) is 2.86. The fourth-order valence-electron chi connectivity index (χ4n) is 1.22. The summed E-state index contributed by atoms with van der Waals surface area (Å²) in [7, 11) is 0. The number of tetrazole rings is 1. The largest absolute Gasteiger partial charge is 0.368 e. The molecule has 0 atom stereocenters. The number of para-hydroxylation sites is 1. The zero-order chi connectivity index (χ0) is 11.9. The van der Waals surface area contributed by atoms with Crippen molar-refractivity contribution in [3.05, 3.63) is 59.6 Å². The van der Waals surface area contributed by atoms with Crippen molar-refractivity contribution in [1.29, 1.82) is 0 Å². The van der Waals surface area contributed by atoms with E-state index in [0.717, 1.165) is 5.69 Å². The van der Waals surface area contributed by atoms with Crippen LogP contribution in [0.2, 0.25) is 0 Å². The second-order valence-electron chi connectivity index (χ2n) is 3.14. The van der Waals surface area contributed by atoms with Crippen molar-refractivity contribution in [3.63, 3.8) is 0 Å². The first-order chi connectivity index (χ1) is 8.38. The molecule has 0 aliphatic heterocycles. The average molecular weight is 245 g/mol. The lowest BCUT2D eigenvalue weighted by Gasteiger charge is -1.97. The van der Waals surface area contributed by atoms with Crippen LogP contribution in [0.1, 0.15) is 0 Å². The van der Waals surface area contributed by atoms with E-state index in [1.165, 1.54) is 0 Å². The van der Waals surface area contributed by atoms with Crippen molar-refractivity contribution in [2.24, 2.45) is 0 Å². The van der Waals surface area contributed by atoms with Crippen molar-refractivity contribution in [2.75, 3.05) is 0 Å². The van der Waals surface area contributed by atoms with Gasteiger partial charge in [-0.25, -0.2) is 4.68 Å². The first kappa shape index (κ1) is 11.3. The number of H-pyrrole nitrogens is 2. The molecule has 1 aromatic carbocycles. The second kappa shape index (κ2) is 5.76. The van der Waals surface area contributed by atoms with Crippen LogP contribution in [0.25, 0.3) is 5.69 Å². The molecule has 86 valence electrons. The second-order valence-corrected chi connectivity index (χ2v) is 3.50. The lowest BCUT2D eigenvalue weighted by Crippen LogP contribution is -1.95. The minimum Gasteiger partial charge on any atom is -0.368 e. The highest BCUT2D eigenvalue weighted by molar-refractivity contribution is 7.71. The molecule has 2 N–H and O–H groups in total. The fraction of sp³-hybridized carbons (Fsp3) is 0. The highest BCUT2D eigenvalue weighted by Gasteiger charge is 1.95. The molecular formula is C11H11N5S. The Balaban J connectivity index is 0.000000181. The van der Waals surface area contributed by atoms with Crippen LogP contribution in [0.15, 0.2) is 54.9 Å². The minimum absolute atomic E-state index is 0.432. The van der Waals surface area contributed by atoms with Crippen LogP contribution in [0, 0.1) is 4.77 Å². The molecule has 0 radical (unpaired) electrons. The van der Waals surface area contributed by atoms with Crippen LogP contribution in [-0.2, 0) is 0 Å². The van der Waals surface area contributed by atoms with E-state index in [-0.39, 0.29) is 0 Å². The molecule has 0 amide bonds. The predicted octanol–water partition coefficient (Wildman–Crippen LogP) is 2.34. The van der Waals surface area contributed by atoms with Gasteiger partial charge in [-0.15, -0.1) is 0 Å². The number of aromatic amines is 2. The number of benzene rings is 1. The van der Waals surface area contributed by atoms with Crippen molar-refractivity contribution < 1.29 is 0 Å². The first-order valence-electron chi connectivity index (χ1n) is 5.01. The van der Waals surface area contributed by atoms with Gasteiger partial charge in [0.1, 0.15) is 0 Å². The molecule has 0 saturated heterocycles. The molecule has 6 heteroatoms. The number of rotatable bonds is 1. The third-order valence-corrected chi connectivity index (χ3v) is 2.25. The summed E-state index contributed by atoms with van der Waals surface area (Å²) in [6.07, 6.45) is 3.75. The van der Waals surface area contributed by atoms with Crippen LogP contribution < -0.4 is 0 Å². The standard InChI is InChI=1S/C7H6N4S.C4H5N/c12-7-8-9-10-11(7)6-4-2-1-3-5-6;1-2-4-5-3-1/h1-5H,(H,8,10,12);1-5H. The molecule has 17 heavy (non-hydrogen) atoms. The van der Waals surface area contributed by atoms with E-state index in [4.69, 9.17) is 12.2 Å². The maximum absolute atomic E-state index is 4.93. The maximum atomic E-state index is 4.93. The summed E-state index contributed by atoms with van der Waals surface area (Å²) in [5, 5.41) is 9.92. The van der Waals surface area contributed by atoms with Gasteiger partial charge in [-0.2, -0.15) is 5.21 Å². The van der Waals surface area contributed by atoms with Gasteiger partial charge in [0.2, 0.25) is 4.77 Å². The van der Waals surface area contributed by atoms with E-state index in [2.05, 4.69) is 20.5 Å². The number of hydrogen-bond donors (Lipinski definition) is 2. The summed E-state index contributed by atoms with van der Waals surface area (Å²) < 4.78 is 2.07. The molecule has 0 saturated carbocycles. The normalized spacial score (nSPS) is 9.41. The number of nitrogens with one attached hydrogen (secondary N) is 2. The van der Waals surface area contributed by atoms with Crippen LogP contribution >= 0.6 is 12.2 Å². The summed E-state index contributed by atoms with van der Waals surface area (Å²) >= 11 is 4.93. The molecule has 3 aromatic rings. The van der Waals surface area contributed by atoms with Crippen LogP contribution in [0.4, 0.5) is 0 Å². The Morgan fingerprint density at radius 3 is 2.18 bits per heavy atom. The Morgan fingerprint density at radius 2 is 1.71 bits per heavy atom. The Hall–Kier alpha value is -2.21. The molecule has 0 aliphatic carbocycles. The summed E-state index contributed by atoms with van der Waals surface area (Å²) in [5.41, 5.74) is 0.938. The van der Waals surface area contributed by atoms with Gasteiger partial charge in [0.15, 0.2) is 0 Å². The lowest BCUT2D eigenvalue weighted by atomic mass is 10.3. The quantitative estimate of drug-likeness (QED) is 0.647. The highest BCUT2D eigenvalue weighted by atomic mass is 32.1. The van der Waals surface area contributed by atoms with Gasteiger partial charge in [-0.3, -0.25) is 0 Å². The summed E-state index contributed by atoms with van der Waals surface area (Å²) in [5.74, 6) is 0. The minimum atomic E-state index is 0.432. The molecule has 3 rings (SSSR count). The van der Waals surface area contributed by atoms with Gasteiger partial charge >= 0.3 is 0 Å². The molecular weight excluding hydrogens is 234 g/mol. The topological polar surface area (TPSA) is 62.3 Å². The monoisotopic (exact) mass is 245 g/mol. The van der Waals surface area contributed by atoms with Crippen LogP contribution in [0.5, 0.6) is 0 Å². The molecule has 0 unspecified atom stereocenters. The van der Waals surface area contributed by atoms with Gasteiger partial charge in [-0.05, 0) is 36.5 Å². The molecule has 0 bridgehead atoms. The number of hydrogen-bond acceptors (Lipinski definition) is 3. The Morgan fingerprint density at radius 1 is 1.00 bits per heavy atom. The molecule has 0 spiro atoms. The van der Waals surface area contributed by atoms with E-state index < -0.39 is 0 Å². The Labute approximate surface area is 103 Å². The third-order valence-electron chi connectivity index (χ3n) is 1.98. The Bertz CT molecular complexity index is 564.